The van der Waals surface area contributed by atoms with Gasteiger partial charge in [0.1, 0.15) is 11.2 Å². The lowest BCUT2D eigenvalue weighted by atomic mass is 9.77. The number of benzene rings is 2. The first-order valence-electron chi connectivity index (χ1n) is 12.8. The zero-order chi connectivity index (χ0) is 26.0. The molecule has 1 aliphatic carbocycles. The molecule has 0 spiro atoms. The summed E-state index contributed by atoms with van der Waals surface area (Å²) in [5.74, 6) is 1.86. The molecule has 0 saturated heterocycles. The van der Waals surface area contributed by atoms with Gasteiger partial charge in [-0.1, -0.05) is 53.7 Å². The quantitative estimate of drug-likeness (QED) is 0.446. The highest BCUT2D eigenvalue weighted by atomic mass is 16.5. The number of hydrogen-bond acceptors (Lipinski definition) is 6. The van der Waals surface area contributed by atoms with E-state index in [0.29, 0.717) is 17.6 Å². The summed E-state index contributed by atoms with van der Waals surface area (Å²) in [7, 11) is 4.18. The summed E-state index contributed by atoms with van der Waals surface area (Å²) < 4.78 is 11.2. The Morgan fingerprint density at radius 1 is 1.11 bits per heavy atom. The number of aromatic nitrogens is 2. The number of hydrogen-bond donors (Lipinski definition) is 1. The van der Waals surface area contributed by atoms with Crippen LogP contribution in [0.2, 0.25) is 0 Å². The van der Waals surface area contributed by atoms with Crippen molar-refractivity contribution in [3.63, 3.8) is 0 Å². The predicted molar refractivity (Wildman–Crippen MR) is 144 cm³/mol. The fourth-order valence-corrected chi connectivity index (χ4v) is 5.16. The number of amides is 1. The molecule has 0 bridgehead atoms. The van der Waals surface area contributed by atoms with Gasteiger partial charge in [0, 0.05) is 18.5 Å². The van der Waals surface area contributed by atoms with Crippen LogP contribution in [-0.2, 0) is 10.2 Å². The van der Waals surface area contributed by atoms with E-state index in [1.165, 1.54) is 11.1 Å². The molecule has 2 aliphatic rings. The van der Waals surface area contributed by atoms with Gasteiger partial charge in [0.15, 0.2) is 5.82 Å². The van der Waals surface area contributed by atoms with Crippen LogP contribution in [0.1, 0.15) is 53.1 Å². The van der Waals surface area contributed by atoms with Crippen molar-refractivity contribution in [3.8, 4) is 5.75 Å². The Balaban J connectivity index is 1.43. The van der Waals surface area contributed by atoms with Gasteiger partial charge in [-0.05, 0) is 81.2 Å². The molecule has 1 atom stereocenters. The van der Waals surface area contributed by atoms with Gasteiger partial charge >= 0.3 is 0 Å². The molecular formula is C30H34N4O3. The summed E-state index contributed by atoms with van der Waals surface area (Å²) in [5, 5.41) is 7.27. The summed E-state index contributed by atoms with van der Waals surface area (Å²) in [6.45, 7) is 5.54. The van der Waals surface area contributed by atoms with Crippen LogP contribution in [-0.4, -0.2) is 48.2 Å². The van der Waals surface area contributed by atoms with Crippen molar-refractivity contribution in [2.24, 2.45) is 0 Å². The van der Waals surface area contributed by atoms with Gasteiger partial charge < -0.3 is 19.5 Å². The third kappa shape index (κ3) is 5.09. The summed E-state index contributed by atoms with van der Waals surface area (Å²) in [6, 6.07) is 14.2. The third-order valence-electron chi connectivity index (χ3n) is 7.31. The summed E-state index contributed by atoms with van der Waals surface area (Å²) >= 11 is 0. The first-order valence-corrected chi connectivity index (χ1v) is 12.8. The van der Waals surface area contributed by atoms with E-state index < -0.39 is 5.41 Å². The van der Waals surface area contributed by atoms with E-state index in [0.717, 1.165) is 43.0 Å². The Morgan fingerprint density at radius 2 is 1.89 bits per heavy atom. The lowest BCUT2D eigenvalue weighted by Crippen LogP contribution is -2.39. The van der Waals surface area contributed by atoms with E-state index in [1.54, 1.807) is 6.92 Å². The van der Waals surface area contributed by atoms with Gasteiger partial charge in [-0.2, -0.15) is 4.98 Å². The van der Waals surface area contributed by atoms with E-state index in [2.05, 4.69) is 53.5 Å². The molecule has 7 nitrogen and oxygen atoms in total. The van der Waals surface area contributed by atoms with Crippen molar-refractivity contribution in [2.75, 3.05) is 32.6 Å². The lowest BCUT2D eigenvalue weighted by molar-refractivity contribution is -0.119. The molecule has 3 aromatic rings. The van der Waals surface area contributed by atoms with Crippen LogP contribution < -0.4 is 10.1 Å². The summed E-state index contributed by atoms with van der Waals surface area (Å²) in [4.78, 5) is 20.5. The van der Waals surface area contributed by atoms with Gasteiger partial charge in [0.2, 0.25) is 11.8 Å². The largest absolute Gasteiger partial charge is 0.493 e. The SMILES string of the molecule is Cc1nc(C2(C(=O)Nc3ccc4c(c3)C(CCN(C)C)CCO4)C=CC(c3ccccc3C)C=C2)no1. The van der Waals surface area contributed by atoms with Crippen LogP contribution in [0.3, 0.4) is 0 Å². The maximum Gasteiger partial charge on any atom is 0.246 e. The highest BCUT2D eigenvalue weighted by Crippen LogP contribution is 2.39. The number of aryl methyl sites for hydroxylation is 2. The maximum absolute atomic E-state index is 13.9. The van der Waals surface area contributed by atoms with E-state index in [9.17, 15) is 4.79 Å². The van der Waals surface area contributed by atoms with E-state index in [4.69, 9.17) is 9.26 Å². The molecule has 0 saturated carbocycles. The minimum atomic E-state index is -1.17. The minimum absolute atomic E-state index is 0.0634. The van der Waals surface area contributed by atoms with Crippen LogP contribution in [0.5, 0.6) is 5.75 Å². The molecule has 192 valence electrons. The van der Waals surface area contributed by atoms with E-state index in [1.807, 2.05) is 54.6 Å². The number of nitrogens with one attached hydrogen (secondary N) is 1. The standard InChI is InChI=1S/C30H34N4O3/c1-20-7-5-6-8-25(20)22-11-15-30(16-12-22,28-31-21(2)37-33-28)29(35)32-24-9-10-27-26(19-24)23(14-18-36-27)13-17-34(3)4/h5-12,15-16,19,22-23H,13-14,17-18H2,1-4H3,(H,32,35). The molecule has 1 N–H and O–H groups in total. The molecule has 0 fully saturated rings. The number of carbonyl (C=O) groups excluding carboxylic acids is 1. The van der Waals surface area contributed by atoms with Crippen molar-refractivity contribution in [1.82, 2.24) is 15.0 Å². The first kappa shape index (κ1) is 25.0. The smallest absolute Gasteiger partial charge is 0.246 e. The van der Waals surface area contributed by atoms with Crippen molar-refractivity contribution in [3.05, 3.63) is 95.2 Å². The number of nitrogens with zero attached hydrogens (tertiary/aromatic N) is 3. The second-order valence-corrected chi connectivity index (χ2v) is 10.2. The molecule has 1 unspecified atom stereocenters. The molecule has 1 aliphatic heterocycles. The van der Waals surface area contributed by atoms with Crippen LogP contribution in [0.25, 0.3) is 0 Å². The average molecular weight is 499 g/mol. The molecular weight excluding hydrogens is 464 g/mol. The van der Waals surface area contributed by atoms with Crippen molar-refractivity contribution >= 4 is 11.6 Å². The zero-order valence-corrected chi connectivity index (χ0v) is 21.9. The normalized spacial score (nSPS) is 22.5. The first-order chi connectivity index (χ1) is 17.9. The Morgan fingerprint density at radius 3 is 2.59 bits per heavy atom. The number of allylic oxidation sites excluding steroid dienone is 2. The average Bonchev–Trinajstić information content (AvgIpc) is 3.34. The van der Waals surface area contributed by atoms with Gasteiger partial charge in [-0.25, -0.2) is 0 Å². The predicted octanol–water partition coefficient (Wildman–Crippen LogP) is 5.29. The van der Waals surface area contributed by atoms with Gasteiger partial charge in [0.05, 0.1) is 6.61 Å². The van der Waals surface area contributed by atoms with Gasteiger partial charge in [-0.15, -0.1) is 0 Å². The molecule has 2 heterocycles. The summed E-state index contributed by atoms with van der Waals surface area (Å²) in [6.07, 6.45) is 9.89. The maximum atomic E-state index is 13.9. The topological polar surface area (TPSA) is 80.5 Å². The van der Waals surface area contributed by atoms with Crippen LogP contribution in [0.15, 0.2) is 71.3 Å². The number of fused-ring (bicyclic) bond motifs is 1. The van der Waals surface area contributed by atoms with Gasteiger partial charge in [-0.3, -0.25) is 4.79 Å². The minimum Gasteiger partial charge on any atom is -0.493 e. The molecule has 0 radical (unpaired) electrons. The number of rotatable bonds is 7. The fraction of sp³-hybridized carbons (Fsp3) is 0.367. The van der Waals surface area contributed by atoms with E-state index >= 15 is 0 Å². The highest BCUT2D eigenvalue weighted by molar-refractivity contribution is 6.02. The second kappa shape index (κ2) is 10.3. The molecule has 2 aromatic carbocycles. The number of carbonyl (C=O) groups is 1. The zero-order valence-electron chi connectivity index (χ0n) is 21.9. The van der Waals surface area contributed by atoms with E-state index in [-0.39, 0.29) is 11.8 Å². The molecule has 5 rings (SSSR count). The Labute approximate surface area is 218 Å². The van der Waals surface area contributed by atoms with Gasteiger partial charge in [0.25, 0.3) is 0 Å². The lowest BCUT2D eigenvalue weighted by Gasteiger charge is -2.29. The van der Waals surface area contributed by atoms with Crippen molar-refractivity contribution in [2.45, 2.75) is 43.9 Å². The summed E-state index contributed by atoms with van der Waals surface area (Å²) in [5.41, 5.74) is 3.10. The van der Waals surface area contributed by atoms with Crippen molar-refractivity contribution in [1.29, 1.82) is 0 Å². The third-order valence-corrected chi connectivity index (χ3v) is 7.31. The number of anilines is 1. The van der Waals surface area contributed by atoms with Crippen LogP contribution >= 0.6 is 0 Å². The molecule has 7 heteroatoms. The molecule has 1 aromatic heterocycles. The Kier molecular flexibility index (Phi) is 6.98. The fourth-order valence-electron chi connectivity index (χ4n) is 5.16. The Bertz CT molecular complexity index is 1330. The highest BCUT2D eigenvalue weighted by Gasteiger charge is 2.42. The second-order valence-electron chi connectivity index (χ2n) is 10.2. The van der Waals surface area contributed by atoms with Crippen LogP contribution in [0, 0.1) is 13.8 Å². The number of ether oxygens (including phenoxy) is 1. The molecule has 1 amide bonds. The molecule has 37 heavy (non-hydrogen) atoms. The monoisotopic (exact) mass is 498 g/mol. The van der Waals surface area contributed by atoms with Crippen molar-refractivity contribution < 1.29 is 14.1 Å². The Hall–Kier alpha value is -3.71. The van der Waals surface area contributed by atoms with Crippen LogP contribution in [0.4, 0.5) is 5.69 Å².